The maximum Gasteiger partial charge on any atom is 0.326 e. The SMILES string of the molecule is O=C(NC(C(=O)O)C1CC1)c1ccc(-n2cnnn2)cc1. The third kappa shape index (κ3) is 2.88. The molecule has 0 saturated heterocycles. The Morgan fingerprint density at radius 3 is 2.52 bits per heavy atom. The molecule has 2 aromatic rings. The third-order valence-electron chi connectivity index (χ3n) is 3.39. The molecule has 0 bridgehead atoms. The Labute approximate surface area is 119 Å². The molecule has 1 heterocycles. The molecule has 8 nitrogen and oxygen atoms in total. The van der Waals surface area contributed by atoms with Crippen LogP contribution in [0.5, 0.6) is 0 Å². The molecule has 0 aliphatic heterocycles. The van der Waals surface area contributed by atoms with Crippen molar-refractivity contribution < 1.29 is 14.7 Å². The van der Waals surface area contributed by atoms with Gasteiger partial charge < -0.3 is 10.4 Å². The number of benzene rings is 1. The van der Waals surface area contributed by atoms with Crippen LogP contribution in [0.3, 0.4) is 0 Å². The number of tetrazole rings is 1. The topological polar surface area (TPSA) is 110 Å². The molecule has 2 N–H and O–H groups in total. The first-order valence-electron chi connectivity index (χ1n) is 6.52. The van der Waals surface area contributed by atoms with Crippen molar-refractivity contribution in [2.75, 3.05) is 0 Å². The fraction of sp³-hybridized carbons (Fsp3) is 0.308. The summed E-state index contributed by atoms with van der Waals surface area (Å²) in [6, 6.07) is 5.80. The quantitative estimate of drug-likeness (QED) is 0.816. The van der Waals surface area contributed by atoms with Crippen molar-refractivity contribution in [2.24, 2.45) is 5.92 Å². The van der Waals surface area contributed by atoms with Gasteiger partial charge in [0, 0.05) is 5.56 Å². The number of carbonyl (C=O) groups is 2. The van der Waals surface area contributed by atoms with Crippen molar-refractivity contribution in [1.29, 1.82) is 0 Å². The molecule has 1 aliphatic carbocycles. The predicted octanol–water partition coefficient (Wildman–Crippen LogP) is 0.255. The molecule has 0 spiro atoms. The highest BCUT2D eigenvalue weighted by molar-refractivity contribution is 5.96. The second-order valence-corrected chi connectivity index (χ2v) is 4.93. The first kappa shape index (κ1) is 13.2. The predicted molar refractivity (Wildman–Crippen MR) is 70.8 cm³/mol. The molecule has 1 aromatic heterocycles. The van der Waals surface area contributed by atoms with E-state index in [2.05, 4.69) is 20.8 Å². The summed E-state index contributed by atoms with van der Waals surface area (Å²) in [4.78, 5) is 23.2. The van der Waals surface area contributed by atoms with Gasteiger partial charge >= 0.3 is 5.97 Å². The van der Waals surface area contributed by atoms with Gasteiger partial charge in [-0.15, -0.1) is 5.10 Å². The fourth-order valence-electron chi connectivity index (χ4n) is 2.08. The minimum atomic E-state index is -0.990. The fourth-order valence-corrected chi connectivity index (χ4v) is 2.08. The molecule has 8 heteroatoms. The van der Waals surface area contributed by atoms with E-state index in [0.29, 0.717) is 11.3 Å². The number of aromatic nitrogens is 4. The number of aliphatic carboxylic acids is 1. The van der Waals surface area contributed by atoms with E-state index in [4.69, 9.17) is 5.11 Å². The zero-order valence-electron chi connectivity index (χ0n) is 11.0. The third-order valence-corrected chi connectivity index (χ3v) is 3.39. The average Bonchev–Trinajstić information content (AvgIpc) is 3.17. The maximum absolute atomic E-state index is 12.1. The summed E-state index contributed by atoms with van der Waals surface area (Å²) in [6.07, 6.45) is 3.13. The lowest BCUT2D eigenvalue weighted by atomic mass is 10.1. The molecule has 1 aliphatic rings. The van der Waals surface area contributed by atoms with E-state index in [-0.39, 0.29) is 5.92 Å². The number of carbonyl (C=O) groups excluding carboxylic acids is 1. The Hall–Kier alpha value is -2.77. The zero-order chi connectivity index (χ0) is 14.8. The summed E-state index contributed by atoms with van der Waals surface area (Å²) in [5.74, 6) is -1.33. The lowest BCUT2D eigenvalue weighted by Crippen LogP contribution is -2.42. The van der Waals surface area contributed by atoms with Crippen molar-refractivity contribution in [3.63, 3.8) is 0 Å². The van der Waals surface area contributed by atoms with Crippen molar-refractivity contribution in [1.82, 2.24) is 25.5 Å². The normalized spacial score (nSPS) is 15.4. The van der Waals surface area contributed by atoms with E-state index in [1.165, 1.54) is 11.0 Å². The monoisotopic (exact) mass is 287 g/mol. The van der Waals surface area contributed by atoms with Crippen molar-refractivity contribution in [3.05, 3.63) is 36.2 Å². The molecule has 1 atom stereocenters. The van der Waals surface area contributed by atoms with Gasteiger partial charge in [-0.3, -0.25) is 4.79 Å². The van der Waals surface area contributed by atoms with Crippen molar-refractivity contribution in [3.8, 4) is 5.69 Å². The number of rotatable bonds is 5. The molecule has 1 amide bonds. The lowest BCUT2D eigenvalue weighted by molar-refractivity contribution is -0.139. The van der Waals surface area contributed by atoms with E-state index < -0.39 is 17.9 Å². The van der Waals surface area contributed by atoms with Crippen LogP contribution in [0.1, 0.15) is 23.2 Å². The number of nitrogens with zero attached hydrogens (tertiary/aromatic N) is 4. The standard InChI is InChI=1S/C13H13N5O3/c19-12(15-11(13(20)21)8-1-2-8)9-3-5-10(6-4-9)18-7-14-16-17-18/h3-8,11H,1-2H2,(H,15,19)(H,20,21). The molecule has 1 aromatic carbocycles. The van der Waals surface area contributed by atoms with Crippen molar-refractivity contribution in [2.45, 2.75) is 18.9 Å². The van der Waals surface area contributed by atoms with Crippen LogP contribution >= 0.6 is 0 Å². The summed E-state index contributed by atoms with van der Waals surface area (Å²) >= 11 is 0. The molecule has 1 fully saturated rings. The number of carboxylic acids is 1. The summed E-state index contributed by atoms with van der Waals surface area (Å²) in [5, 5.41) is 22.5. The van der Waals surface area contributed by atoms with Gasteiger partial charge in [0.2, 0.25) is 0 Å². The van der Waals surface area contributed by atoms with Gasteiger partial charge in [-0.2, -0.15) is 0 Å². The Morgan fingerprint density at radius 2 is 2.00 bits per heavy atom. The molecule has 3 rings (SSSR count). The summed E-state index contributed by atoms with van der Waals surface area (Å²) < 4.78 is 1.46. The zero-order valence-corrected chi connectivity index (χ0v) is 11.0. The maximum atomic E-state index is 12.1. The van der Waals surface area contributed by atoms with Crippen LogP contribution in [-0.2, 0) is 4.79 Å². The molecular weight excluding hydrogens is 274 g/mol. The van der Waals surface area contributed by atoms with Crippen LogP contribution in [0.15, 0.2) is 30.6 Å². The minimum Gasteiger partial charge on any atom is -0.480 e. The van der Waals surface area contributed by atoms with Crippen molar-refractivity contribution >= 4 is 11.9 Å². The Kier molecular flexibility index (Phi) is 3.35. The summed E-state index contributed by atoms with van der Waals surface area (Å²) in [7, 11) is 0. The van der Waals surface area contributed by atoms with Crippen LogP contribution in [0.2, 0.25) is 0 Å². The van der Waals surface area contributed by atoms with Gasteiger partial charge in [0.15, 0.2) is 0 Å². The van der Waals surface area contributed by atoms with Gasteiger partial charge in [0.1, 0.15) is 12.4 Å². The highest BCUT2D eigenvalue weighted by Gasteiger charge is 2.37. The van der Waals surface area contributed by atoms with E-state index in [0.717, 1.165) is 12.8 Å². The van der Waals surface area contributed by atoms with Crippen LogP contribution < -0.4 is 5.32 Å². The van der Waals surface area contributed by atoms with Gasteiger partial charge in [0.05, 0.1) is 5.69 Å². The number of nitrogens with one attached hydrogen (secondary N) is 1. The summed E-state index contributed by atoms with van der Waals surface area (Å²) in [6.45, 7) is 0. The van der Waals surface area contributed by atoms with Crippen LogP contribution in [0.25, 0.3) is 5.69 Å². The van der Waals surface area contributed by atoms with E-state index in [9.17, 15) is 9.59 Å². The molecule has 1 unspecified atom stereocenters. The first-order valence-corrected chi connectivity index (χ1v) is 6.52. The molecule has 21 heavy (non-hydrogen) atoms. The average molecular weight is 287 g/mol. The Bertz CT molecular complexity index is 649. The second kappa shape index (κ2) is 5.31. The molecule has 0 radical (unpaired) electrons. The molecule has 1 saturated carbocycles. The van der Waals surface area contributed by atoms with E-state index in [1.54, 1.807) is 24.3 Å². The van der Waals surface area contributed by atoms with Crippen LogP contribution in [-0.4, -0.2) is 43.2 Å². The second-order valence-electron chi connectivity index (χ2n) is 4.93. The number of hydrogen-bond acceptors (Lipinski definition) is 5. The summed E-state index contributed by atoms with van der Waals surface area (Å²) in [5.41, 5.74) is 1.12. The van der Waals surface area contributed by atoms with Crippen LogP contribution in [0, 0.1) is 5.92 Å². The highest BCUT2D eigenvalue weighted by Crippen LogP contribution is 2.32. The van der Waals surface area contributed by atoms with Crippen LogP contribution in [0.4, 0.5) is 0 Å². The van der Waals surface area contributed by atoms with E-state index in [1.807, 2.05) is 0 Å². The Balaban J connectivity index is 1.71. The van der Waals surface area contributed by atoms with Gasteiger partial charge in [-0.05, 0) is 53.5 Å². The first-order chi connectivity index (χ1) is 10.1. The van der Waals surface area contributed by atoms with Gasteiger partial charge in [0.25, 0.3) is 5.91 Å². The number of amides is 1. The van der Waals surface area contributed by atoms with Gasteiger partial charge in [-0.25, -0.2) is 9.48 Å². The lowest BCUT2D eigenvalue weighted by Gasteiger charge is -2.13. The number of carboxylic acid groups (broad SMARTS) is 1. The van der Waals surface area contributed by atoms with Gasteiger partial charge in [-0.1, -0.05) is 0 Å². The number of hydrogen-bond donors (Lipinski definition) is 2. The largest absolute Gasteiger partial charge is 0.480 e. The Morgan fingerprint density at radius 1 is 1.29 bits per heavy atom. The minimum absolute atomic E-state index is 0.0481. The highest BCUT2D eigenvalue weighted by atomic mass is 16.4. The smallest absolute Gasteiger partial charge is 0.326 e. The van der Waals surface area contributed by atoms with E-state index >= 15 is 0 Å². The molecule has 108 valence electrons. The molecular formula is C13H13N5O3.